The topological polar surface area (TPSA) is 132 Å². The molecule has 0 saturated carbocycles. The molecular formula is C47H48F2N6O6S. The fourth-order valence-corrected chi connectivity index (χ4v) is 9.28. The third-order valence-corrected chi connectivity index (χ3v) is 13.3. The lowest BCUT2D eigenvalue weighted by atomic mass is 9.73. The lowest BCUT2D eigenvalue weighted by molar-refractivity contribution is -0.147. The molecule has 0 fully saturated rings. The minimum atomic E-state index is -4.10. The van der Waals surface area contributed by atoms with Crippen LogP contribution < -0.4 is 9.47 Å². The summed E-state index contributed by atoms with van der Waals surface area (Å²) in [6.07, 6.45) is 4.80. The SMILES string of the molecule is CCOC(=O)C(C)Cc1cccc(C2(C)CCC(C)(C)COc3ccn(n3)Cc3c(c(F)cc4c3ccn4S(=O)(=O)c3ccccc3)Oc3ccc(F)c(c3)-c3nc2nn3C)c1. The van der Waals surface area contributed by atoms with E-state index in [0.29, 0.717) is 55.1 Å². The highest BCUT2D eigenvalue weighted by Gasteiger charge is 2.37. The van der Waals surface area contributed by atoms with Crippen molar-refractivity contribution in [2.45, 2.75) is 70.7 Å². The maximum atomic E-state index is 16.6. The summed E-state index contributed by atoms with van der Waals surface area (Å²) < 4.78 is 82.3. The number of esters is 1. The number of carbonyl (C=O) groups excluding carboxylic acids is 1. The molecule has 322 valence electrons. The maximum absolute atomic E-state index is 16.6. The zero-order valence-electron chi connectivity index (χ0n) is 35.4. The molecule has 4 aromatic carbocycles. The van der Waals surface area contributed by atoms with Crippen LogP contribution in [0.1, 0.15) is 70.0 Å². The van der Waals surface area contributed by atoms with Gasteiger partial charge in [0, 0.05) is 42.5 Å². The van der Waals surface area contributed by atoms with Crippen LogP contribution in [0, 0.1) is 23.0 Å². The molecule has 1 aliphatic rings. The van der Waals surface area contributed by atoms with E-state index in [-0.39, 0.29) is 57.1 Å². The van der Waals surface area contributed by atoms with Gasteiger partial charge in [-0.15, -0.1) is 5.10 Å². The van der Waals surface area contributed by atoms with Gasteiger partial charge in [0.05, 0.1) is 47.1 Å². The van der Waals surface area contributed by atoms with Gasteiger partial charge in [-0.25, -0.2) is 30.8 Å². The molecule has 2 unspecified atom stereocenters. The number of aromatic nitrogens is 6. The molecule has 1 aliphatic heterocycles. The van der Waals surface area contributed by atoms with Crippen molar-refractivity contribution >= 4 is 26.9 Å². The van der Waals surface area contributed by atoms with Crippen LogP contribution in [0.5, 0.6) is 17.4 Å². The van der Waals surface area contributed by atoms with E-state index in [4.69, 9.17) is 24.3 Å². The van der Waals surface area contributed by atoms with E-state index in [1.807, 2.05) is 25.1 Å². The van der Waals surface area contributed by atoms with Gasteiger partial charge < -0.3 is 14.2 Å². The Kier molecular flexibility index (Phi) is 11.3. The molecule has 62 heavy (non-hydrogen) atoms. The Morgan fingerprint density at radius 3 is 2.48 bits per heavy atom. The Morgan fingerprint density at radius 1 is 0.919 bits per heavy atom. The summed E-state index contributed by atoms with van der Waals surface area (Å²) in [6.45, 7) is 10.5. The molecule has 8 rings (SSSR count). The summed E-state index contributed by atoms with van der Waals surface area (Å²) in [4.78, 5) is 17.6. The van der Waals surface area contributed by atoms with Crippen LogP contribution in [0.3, 0.4) is 0 Å². The fraction of sp³-hybridized carbons (Fsp3) is 0.319. The molecule has 0 N–H and O–H groups in total. The number of rotatable bonds is 7. The molecule has 2 atom stereocenters. The number of hydrogen-bond donors (Lipinski definition) is 0. The maximum Gasteiger partial charge on any atom is 0.308 e. The van der Waals surface area contributed by atoms with Gasteiger partial charge in [0.25, 0.3) is 10.0 Å². The standard InChI is InChI=1S/C47H48F2N6O6S/c1-7-59-44(56)30(2)24-31-12-11-13-32(25-31)47(5)21-20-46(3,4)29-60-41-19-22-54(51-41)28-37-35-18-23-55(62(57,58)34-14-9-8-10-15-34)40(35)27-39(49)42(37)61-33-16-17-38(48)36(26-33)43-50-45(47)52-53(43)6/h8-19,22-23,25-27,30H,7,20-21,24,28-29H2,1-6H3. The van der Waals surface area contributed by atoms with E-state index < -0.39 is 27.1 Å². The van der Waals surface area contributed by atoms with E-state index in [2.05, 4.69) is 31.9 Å². The van der Waals surface area contributed by atoms with E-state index in [0.717, 1.165) is 21.2 Å². The van der Waals surface area contributed by atoms with E-state index in [1.165, 1.54) is 41.2 Å². The second-order valence-electron chi connectivity index (χ2n) is 16.8. The zero-order valence-corrected chi connectivity index (χ0v) is 36.2. The Morgan fingerprint density at radius 2 is 1.71 bits per heavy atom. The van der Waals surface area contributed by atoms with Crippen LogP contribution in [0.25, 0.3) is 22.3 Å². The van der Waals surface area contributed by atoms with E-state index >= 15 is 8.78 Å². The van der Waals surface area contributed by atoms with Crippen molar-refractivity contribution < 1.29 is 36.2 Å². The lowest BCUT2D eigenvalue weighted by Crippen LogP contribution is -2.30. The van der Waals surface area contributed by atoms with Crippen LogP contribution in [0.2, 0.25) is 0 Å². The van der Waals surface area contributed by atoms with Crippen molar-refractivity contribution in [2.24, 2.45) is 18.4 Å². The number of aryl methyl sites for hydroxylation is 1. The average molecular weight is 863 g/mol. The highest BCUT2D eigenvalue weighted by atomic mass is 32.2. The first kappa shape index (κ1) is 42.3. The summed E-state index contributed by atoms with van der Waals surface area (Å²) in [5.74, 6) is -1.10. The number of benzene rings is 4. The molecule has 0 spiro atoms. The molecule has 4 heterocycles. The number of ether oxygens (including phenoxy) is 3. The highest BCUT2D eigenvalue weighted by Crippen LogP contribution is 2.42. The van der Waals surface area contributed by atoms with Crippen molar-refractivity contribution in [3.63, 3.8) is 0 Å². The second-order valence-corrected chi connectivity index (χ2v) is 18.7. The minimum absolute atomic E-state index is 0.0254. The van der Waals surface area contributed by atoms with Gasteiger partial charge in [0.15, 0.2) is 23.2 Å². The molecule has 3 aromatic heterocycles. The lowest BCUT2D eigenvalue weighted by Gasteiger charge is -2.32. The molecule has 0 saturated heterocycles. The Balaban J connectivity index is 1.25. The molecular weight excluding hydrogens is 815 g/mol. The number of nitrogens with zero attached hydrogens (tertiary/aromatic N) is 6. The quantitative estimate of drug-likeness (QED) is 0.144. The fourth-order valence-electron chi connectivity index (χ4n) is 7.92. The van der Waals surface area contributed by atoms with E-state index in [9.17, 15) is 13.2 Å². The minimum Gasteiger partial charge on any atom is -0.476 e. The summed E-state index contributed by atoms with van der Waals surface area (Å²) in [5, 5.41) is 9.98. The van der Waals surface area contributed by atoms with Crippen LogP contribution >= 0.6 is 0 Å². The first-order valence-corrected chi connectivity index (χ1v) is 21.9. The smallest absolute Gasteiger partial charge is 0.308 e. The van der Waals surface area contributed by atoms with Crippen molar-refractivity contribution in [3.8, 4) is 28.8 Å². The summed E-state index contributed by atoms with van der Waals surface area (Å²) in [6, 6.07) is 24.4. The number of halogens is 2. The first-order chi connectivity index (χ1) is 29.6. The van der Waals surface area contributed by atoms with Crippen molar-refractivity contribution in [2.75, 3.05) is 13.2 Å². The third-order valence-electron chi connectivity index (χ3n) is 11.6. The Hall–Kier alpha value is -6.35. The molecule has 0 aliphatic carbocycles. The van der Waals surface area contributed by atoms with Gasteiger partial charge in [-0.2, -0.15) is 5.10 Å². The number of hydrogen-bond acceptors (Lipinski definition) is 9. The zero-order chi connectivity index (χ0) is 44.0. The molecule has 15 heteroatoms. The summed E-state index contributed by atoms with van der Waals surface area (Å²) >= 11 is 0. The summed E-state index contributed by atoms with van der Waals surface area (Å²) in [5.41, 5.74) is 1.18. The highest BCUT2D eigenvalue weighted by molar-refractivity contribution is 7.90. The van der Waals surface area contributed by atoms with Gasteiger partial charge >= 0.3 is 5.97 Å². The van der Waals surface area contributed by atoms with Crippen molar-refractivity contribution in [1.82, 2.24) is 28.5 Å². The van der Waals surface area contributed by atoms with Gasteiger partial charge in [-0.05, 0) is 86.1 Å². The monoisotopic (exact) mass is 862 g/mol. The van der Waals surface area contributed by atoms with Crippen LogP contribution in [-0.2, 0) is 45.0 Å². The predicted octanol–water partition coefficient (Wildman–Crippen LogP) is 9.24. The Bertz CT molecular complexity index is 2910. The van der Waals surface area contributed by atoms with Gasteiger partial charge in [-0.1, -0.05) is 63.2 Å². The molecule has 12 nitrogen and oxygen atoms in total. The van der Waals surface area contributed by atoms with E-state index in [1.54, 1.807) is 55.2 Å². The van der Waals surface area contributed by atoms with Gasteiger partial charge in [-0.3, -0.25) is 9.48 Å². The summed E-state index contributed by atoms with van der Waals surface area (Å²) in [7, 11) is -2.41. The van der Waals surface area contributed by atoms with Crippen molar-refractivity contribution in [1.29, 1.82) is 0 Å². The number of carbonyl (C=O) groups is 1. The molecule has 0 amide bonds. The third kappa shape index (κ3) is 8.20. The molecule has 6 bridgehead atoms. The first-order valence-electron chi connectivity index (χ1n) is 20.5. The second kappa shape index (κ2) is 16.5. The van der Waals surface area contributed by atoms with Gasteiger partial charge in [0.2, 0.25) is 5.88 Å². The van der Waals surface area contributed by atoms with Crippen molar-refractivity contribution in [3.05, 3.63) is 138 Å². The number of fused-ring (bicyclic) bond motifs is 10. The molecule has 0 radical (unpaired) electrons. The Labute approximate surface area is 359 Å². The molecule has 7 aromatic rings. The van der Waals surface area contributed by atoms with Gasteiger partial charge in [0.1, 0.15) is 11.6 Å². The van der Waals surface area contributed by atoms with Crippen LogP contribution in [0.4, 0.5) is 8.78 Å². The largest absolute Gasteiger partial charge is 0.476 e. The van der Waals surface area contributed by atoms with Crippen LogP contribution in [-0.4, -0.2) is 56.1 Å². The normalized spacial score (nSPS) is 17.2. The average Bonchev–Trinajstić information content (AvgIpc) is 4.00. The van der Waals surface area contributed by atoms with Crippen LogP contribution in [0.15, 0.2) is 108 Å². The predicted molar refractivity (Wildman–Crippen MR) is 230 cm³/mol.